The smallest absolute Gasteiger partial charge is 0.194 e. The second-order valence-corrected chi connectivity index (χ2v) is 7.92. The fraction of sp³-hybridized carbons (Fsp3) is 0.632. The van der Waals surface area contributed by atoms with E-state index < -0.39 is 0 Å². The molecule has 0 unspecified atom stereocenters. The zero-order valence-electron chi connectivity index (χ0n) is 15.2. The minimum absolute atomic E-state index is 0.154. The number of hydrogen-bond donors (Lipinski definition) is 2. The van der Waals surface area contributed by atoms with E-state index in [4.69, 9.17) is 32.9 Å². The van der Waals surface area contributed by atoms with Gasteiger partial charge in [0.15, 0.2) is 5.96 Å². The molecule has 7 heteroatoms. The summed E-state index contributed by atoms with van der Waals surface area (Å²) in [5.74, 6) is 0.861. The lowest BCUT2D eigenvalue weighted by molar-refractivity contribution is 0.0530. The molecule has 0 aliphatic carbocycles. The van der Waals surface area contributed by atoms with Gasteiger partial charge in [0, 0.05) is 48.3 Å². The summed E-state index contributed by atoms with van der Waals surface area (Å²) in [5.41, 5.74) is 0.937. The van der Waals surface area contributed by atoms with Crippen LogP contribution in [0.15, 0.2) is 23.2 Å². The van der Waals surface area contributed by atoms with Crippen LogP contribution in [-0.2, 0) is 10.2 Å². The summed E-state index contributed by atoms with van der Waals surface area (Å²) < 4.78 is 5.60. The Morgan fingerprint density at radius 1 is 1.38 bits per heavy atom. The van der Waals surface area contributed by atoms with Crippen molar-refractivity contribution >= 4 is 29.2 Å². The summed E-state index contributed by atoms with van der Waals surface area (Å²) in [6.45, 7) is 6.34. The third kappa shape index (κ3) is 4.45. The Balaban J connectivity index is 1.87. The molecule has 0 aromatic heterocycles. The quantitative estimate of drug-likeness (QED) is 0.603. The van der Waals surface area contributed by atoms with Gasteiger partial charge in [-0.2, -0.15) is 0 Å². The first kappa shape index (κ1) is 19.7. The molecule has 1 atom stereocenters. The molecular weight excluding hydrogens is 373 g/mol. The standard InChI is InChI=1S/C19H27Cl2N3O2/c1-2-22-18(24-8-5-15(25)12-24)23-13-19(6-9-26-10-7-19)16-4-3-14(20)11-17(16)21/h3-4,11,15,25H,2,5-10,12-13H2,1H3,(H,22,23)/t15-/m1/s1. The van der Waals surface area contributed by atoms with Crippen LogP contribution in [0.1, 0.15) is 31.7 Å². The van der Waals surface area contributed by atoms with E-state index in [0.29, 0.717) is 36.3 Å². The molecule has 144 valence electrons. The Morgan fingerprint density at radius 2 is 2.15 bits per heavy atom. The number of guanidine groups is 1. The van der Waals surface area contributed by atoms with Crippen molar-refractivity contribution in [3.05, 3.63) is 33.8 Å². The zero-order valence-corrected chi connectivity index (χ0v) is 16.7. The summed E-state index contributed by atoms with van der Waals surface area (Å²) >= 11 is 12.6. The van der Waals surface area contributed by atoms with Gasteiger partial charge in [-0.05, 0) is 43.9 Å². The van der Waals surface area contributed by atoms with Crippen LogP contribution in [0.4, 0.5) is 0 Å². The van der Waals surface area contributed by atoms with E-state index in [-0.39, 0.29) is 11.5 Å². The van der Waals surface area contributed by atoms with Crippen molar-refractivity contribution < 1.29 is 9.84 Å². The molecule has 2 aliphatic rings. The number of hydrogen-bond acceptors (Lipinski definition) is 3. The molecule has 2 heterocycles. The van der Waals surface area contributed by atoms with Gasteiger partial charge in [-0.25, -0.2) is 0 Å². The maximum atomic E-state index is 9.85. The van der Waals surface area contributed by atoms with Crippen LogP contribution in [0.2, 0.25) is 10.0 Å². The van der Waals surface area contributed by atoms with Crippen LogP contribution in [0.25, 0.3) is 0 Å². The van der Waals surface area contributed by atoms with Crippen molar-refractivity contribution in [2.24, 2.45) is 4.99 Å². The Hall–Kier alpha value is -1.01. The maximum absolute atomic E-state index is 9.85. The van der Waals surface area contributed by atoms with E-state index >= 15 is 0 Å². The molecule has 2 N–H and O–H groups in total. The molecule has 2 saturated heterocycles. The normalized spacial score (nSPS) is 23.3. The summed E-state index contributed by atoms with van der Waals surface area (Å²) in [5, 5.41) is 14.5. The number of nitrogens with one attached hydrogen (secondary N) is 1. The Labute approximate surface area is 165 Å². The third-order valence-corrected chi connectivity index (χ3v) is 5.83. The molecule has 0 saturated carbocycles. The van der Waals surface area contributed by atoms with Gasteiger partial charge in [-0.15, -0.1) is 0 Å². The highest BCUT2D eigenvalue weighted by Gasteiger charge is 2.36. The molecule has 1 aromatic carbocycles. The van der Waals surface area contributed by atoms with E-state index in [0.717, 1.165) is 43.9 Å². The number of β-amino-alcohol motifs (C(OH)–C–C–N with tert-alkyl or cyclic N) is 1. The van der Waals surface area contributed by atoms with Crippen molar-refractivity contribution in [1.29, 1.82) is 0 Å². The first-order valence-corrected chi connectivity index (χ1v) is 10.0. The summed E-state index contributed by atoms with van der Waals surface area (Å²) in [4.78, 5) is 7.07. The van der Waals surface area contributed by atoms with Gasteiger partial charge in [0.1, 0.15) is 0 Å². The fourth-order valence-corrected chi connectivity index (χ4v) is 4.39. The summed E-state index contributed by atoms with van der Waals surface area (Å²) in [7, 11) is 0. The number of rotatable bonds is 4. The first-order valence-electron chi connectivity index (χ1n) is 9.29. The Kier molecular flexibility index (Phi) is 6.67. The fourth-order valence-electron chi connectivity index (χ4n) is 3.78. The molecule has 26 heavy (non-hydrogen) atoms. The molecule has 1 aromatic rings. The van der Waals surface area contributed by atoms with Crippen LogP contribution < -0.4 is 5.32 Å². The SMILES string of the molecule is CCNC(=NCC1(c2ccc(Cl)cc2Cl)CCOCC1)N1CC[C@@H](O)C1. The molecule has 5 nitrogen and oxygen atoms in total. The highest BCUT2D eigenvalue weighted by Crippen LogP contribution is 2.40. The molecule has 0 spiro atoms. The number of benzene rings is 1. The molecular formula is C19H27Cl2N3O2. The largest absolute Gasteiger partial charge is 0.391 e. The highest BCUT2D eigenvalue weighted by atomic mass is 35.5. The number of halogens is 2. The van der Waals surface area contributed by atoms with E-state index in [1.807, 2.05) is 12.1 Å². The van der Waals surface area contributed by atoms with Crippen LogP contribution in [0.5, 0.6) is 0 Å². The minimum atomic E-state index is -0.276. The maximum Gasteiger partial charge on any atom is 0.194 e. The van der Waals surface area contributed by atoms with E-state index in [2.05, 4.69) is 17.1 Å². The lowest BCUT2D eigenvalue weighted by Gasteiger charge is -2.37. The third-order valence-electron chi connectivity index (χ3n) is 5.28. The van der Waals surface area contributed by atoms with Crippen molar-refractivity contribution in [2.75, 3.05) is 39.4 Å². The topological polar surface area (TPSA) is 57.1 Å². The second-order valence-electron chi connectivity index (χ2n) is 7.08. The minimum Gasteiger partial charge on any atom is -0.391 e. The Bertz CT molecular complexity index is 648. The van der Waals surface area contributed by atoms with E-state index in [9.17, 15) is 5.11 Å². The summed E-state index contributed by atoms with van der Waals surface area (Å²) in [6, 6.07) is 5.73. The lowest BCUT2D eigenvalue weighted by atomic mass is 9.74. The molecule has 3 rings (SSSR count). The van der Waals surface area contributed by atoms with Crippen molar-refractivity contribution in [1.82, 2.24) is 10.2 Å². The van der Waals surface area contributed by atoms with Gasteiger partial charge in [0.25, 0.3) is 0 Å². The average molecular weight is 400 g/mol. The van der Waals surface area contributed by atoms with Crippen LogP contribution in [-0.4, -0.2) is 61.5 Å². The van der Waals surface area contributed by atoms with Gasteiger partial charge in [-0.1, -0.05) is 29.3 Å². The van der Waals surface area contributed by atoms with Gasteiger partial charge in [-0.3, -0.25) is 4.99 Å². The highest BCUT2D eigenvalue weighted by molar-refractivity contribution is 6.35. The Morgan fingerprint density at radius 3 is 2.77 bits per heavy atom. The first-order chi connectivity index (χ1) is 12.5. The average Bonchev–Trinajstić information content (AvgIpc) is 3.05. The zero-order chi connectivity index (χ0) is 18.6. The molecule has 2 fully saturated rings. The number of ether oxygens (including phenoxy) is 1. The predicted octanol–water partition coefficient (Wildman–Crippen LogP) is 3.07. The van der Waals surface area contributed by atoms with Crippen molar-refractivity contribution in [2.45, 2.75) is 37.7 Å². The van der Waals surface area contributed by atoms with E-state index in [1.165, 1.54) is 0 Å². The monoisotopic (exact) mass is 399 g/mol. The molecule has 0 radical (unpaired) electrons. The van der Waals surface area contributed by atoms with E-state index in [1.54, 1.807) is 6.07 Å². The van der Waals surface area contributed by atoms with Gasteiger partial charge in [0.2, 0.25) is 0 Å². The van der Waals surface area contributed by atoms with Gasteiger partial charge in [0.05, 0.1) is 12.6 Å². The van der Waals surface area contributed by atoms with Gasteiger partial charge >= 0.3 is 0 Å². The molecule has 0 amide bonds. The second kappa shape index (κ2) is 8.79. The van der Waals surface area contributed by atoms with Crippen LogP contribution >= 0.6 is 23.2 Å². The summed E-state index contributed by atoms with van der Waals surface area (Å²) in [6.07, 6.45) is 2.26. The predicted molar refractivity (Wildman–Crippen MR) is 106 cm³/mol. The lowest BCUT2D eigenvalue weighted by Crippen LogP contribution is -2.43. The number of likely N-dealkylation sites (tertiary alicyclic amines) is 1. The van der Waals surface area contributed by atoms with Crippen molar-refractivity contribution in [3.8, 4) is 0 Å². The van der Waals surface area contributed by atoms with Crippen LogP contribution in [0, 0.1) is 0 Å². The van der Waals surface area contributed by atoms with Gasteiger partial charge < -0.3 is 20.1 Å². The number of aliphatic imine (C=N–C) groups is 1. The molecule has 0 bridgehead atoms. The number of aliphatic hydroxyl groups is 1. The molecule has 2 aliphatic heterocycles. The van der Waals surface area contributed by atoms with Crippen LogP contribution in [0.3, 0.4) is 0 Å². The number of nitrogens with zero attached hydrogens (tertiary/aromatic N) is 2. The van der Waals surface area contributed by atoms with Crippen molar-refractivity contribution in [3.63, 3.8) is 0 Å². The number of aliphatic hydroxyl groups excluding tert-OH is 1.